The molecule has 0 aromatic carbocycles. The van der Waals surface area contributed by atoms with E-state index in [9.17, 15) is 9.59 Å². The Morgan fingerprint density at radius 1 is 1.00 bits per heavy atom. The number of rotatable bonds is 4. The van der Waals surface area contributed by atoms with Crippen molar-refractivity contribution in [3.63, 3.8) is 0 Å². The first-order chi connectivity index (χ1) is 4.13. The van der Waals surface area contributed by atoms with E-state index < -0.39 is 11.9 Å². The second kappa shape index (κ2) is 12.2. The van der Waals surface area contributed by atoms with Crippen LogP contribution in [0, 0.1) is 0 Å². The van der Waals surface area contributed by atoms with Gasteiger partial charge >= 0.3 is 115 Å². The van der Waals surface area contributed by atoms with E-state index in [0.29, 0.717) is 0 Å². The molecule has 3 N–H and O–H groups in total. The van der Waals surface area contributed by atoms with Gasteiger partial charge < -0.3 is 10.2 Å². The molecule has 0 aliphatic rings. The molecule has 56 valence electrons. The van der Waals surface area contributed by atoms with Crippen molar-refractivity contribution in [2.75, 3.05) is 13.1 Å². The average molecular weight is 213 g/mol. The summed E-state index contributed by atoms with van der Waals surface area (Å²) in [5.41, 5.74) is 0. The summed E-state index contributed by atoms with van der Waals surface area (Å²) >= 11 is 0. The number of hydrogen-bond acceptors (Lipinski definition) is 3. The van der Waals surface area contributed by atoms with Gasteiger partial charge in [0, 0.05) is 0 Å². The molecule has 0 bridgehead atoms. The second-order valence-electron chi connectivity index (χ2n) is 1.39. The van der Waals surface area contributed by atoms with E-state index in [1.54, 1.807) is 0 Å². The zero-order valence-corrected chi connectivity index (χ0v) is 4.63. The summed E-state index contributed by atoms with van der Waals surface area (Å²) in [5.74, 6) is -2.12. The van der Waals surface area contributed by atoms with Gasteiger partial charge in [-0.2, -0.15) is 0 Å². The Labute approximate surface area is 149 Å². The van der Waals surface area contributed by atoms with Gasteiger partial charge in [0.1, 0.15) is 0 Å². The quantitative estimate of drug-likeness (QED) is 0.448. The van der Waals surface area contributed by atoms with Gasteiger partial charge in [0.05, 0.1) is 13.1 Å². The van der Waals surface area contributed by atoms with E-state index in [2.05, 4.69) is 5.32 Å². The van der Waals surface area contributed by atoms with Crippen molar-refractivity contribution in [3.8, 4) is 0 Å². The van der Waals surface area contributed by atoms with E-state index in [4.69, 9.17) is 10.2 Å². The van der Waals surface area contributed by atoms with Crippen molar-refractivity contribution in [2.24, 2.45) is 0 Å². The van der Waals surface area contributed by atoms with Crippen LogP contribution in [-0.4, -0.2) is 138 Å². The molecule has 0 aromatic heterocycles. The van der Waals surface area contributed by atoms with Crippen LogP contribution in [0.25, 0.3) is 0 Å². The van der Waals surface area contributed by atoms with Crippen LogP contribution in [0.4, 0.5) is 0 Å². The summed E-state index contributed by atoms with van der Waals surface area (Å²) in [4.78, 5) is 19.5. The third-order valence-corrected chi connectivity index (χ3v) is 0.552. The molecule has 0 fully saturated rings. The van der Waals surface area contributed by atoms with Crippen LogP contribution in [0.1, 0.15) is 0 Å². The van der Waals surface area contributed by atoms with E-state index in [0.717, 1.165) is 0 Å². The number of aliphatic carboxylic acids is 2. The first-order valence-corrected chi connectivity index (χ1v) is 2.27. The van der Waals surface area contributed by atoms with Crippen molar-refractivity contribution >= 4 is 115 Å². The predicted molar refractivity (Wildman–Crippen MR) is 42.4 cm³/mol. The number of carboxylic acids is 2. The summed E-state index contributed by atoms with van der Waals surface area (Å²) in [6, 6.07) is 0. The molecule has 5 nitrogen and oxygen atoms in total. The Bertz CT molecular complexity index is 115. The van der Waals surface area contributed by atoms with Crippen LogP contribution in [0.5, 0.6) is 0 Å². The zero-order valence-electron chi connectivity index (χ0n) is 4.63. The fourth-order valence-electron chi connectivity index (χ4n) is 0.276. The van der Waals surface area contributed by atoms with Crippen LogP contribution in [0.3, 0.4) is 0 Å². The fourth-order valence-corrected chi connectivity index (χ4v) is 0.276. The van der Waals surface area contributed by atoms with Gasteiger partial charge in [-0.15, -0.1) is 0 Å². The Morgan fingerprint density at radius 2 is 1.27 bits per heavy atom. The minimum atomic E-state index is -1.06. The first kappa shape index (κ1) is 18.9. The number of hydrogen-bond donors (Lipinski definition) is 3. The van der Waals surface area contributed by atoms with Gasteiger partial charge in [-0.1, -0.05) is 0 Å². The topological polar surface area (TPSA) is 86.6 Å². The van der Waals surface area contributed by atoms with Crippen molar-refractivity contribution in [1.82, 2.24) is 5.32 Å². The number of carboxylic acid groups (broad SMARTS) is 2. The Hall–Kier alpha value is 2.17. The minimum absolute atomic E-state index is 0. The predicted octanol–water partition coefficient (Wildman–Crippen LogP) is -2.55. The molecule has 0 spiro atoms. The van der Waals surface area contributed by atoms with Crippen LogP contribution in [0.15, 0.2) is 0 Å². The van der Waals surface area contributed by atoms with Gasteiger partial charge in [0.25, 0.3) is 0 Å². The molecule has 0 atom stereocenters. The van der Waals surface area contributed by atoms with E-state index >= 15 is 0 Å². The third kappa shape index (κ3) is 18.9. The van der Waals surface area contributed by atoms with E-state index in [1.807, 2.05) is 0 Å². The number of nitrogens with one attached hydrogen (secondary N) is 1. The van der Waals surface area contributed by atoms with Crippen LogP contribution in [-0.2, 0) is 9.59 Å². The Morgan fingerprint density at radius 3 is 1.45 bits per heavy atom. The molecule has 0 aliphatic heterocycles. The van der Waals surface area contributed by atoms with Gasteiger partial charge in [0.15, 0.2) is 0 Å². The molecule has 0 rings (SSSR count). The molecule has 0 radical (unpaired) electrons. The molecule has 0 amide bonds. The van der Waals surface area contributed by atoms with Gasteiger partial charge in [0.2, 0.25) is 0 Å². The summed E-state index contributed by atoms with van der Waals surface area (Å²) in [7, 11) is 0. The maximum absolute atomic E-state index is 9.73. The van der Waals surface area contributed by atoms with E-state index in [-0.39, 0.29) is 116 Å². The van der Waals surface area contributed by atoms with Crippen molar-refractivity contribution in [3.05, 3.63) is 0 Å². The molecule has 0 heterocycles. The van der Waals surface area contributed by atoms with Gasteiger partial charge in [-0.3, -0.25) is 14.9 Å². The fraction of sp³-hybridized carbons (Fsp3) is 0.500. The third-order valence-electron chi connectivity index (χ3n) is 0.552. The second-order valence-corrected chi connectivity index (χ2v) is 1.39. The molecule has 7 heteroatoms. The van der Waals surface area contributed by atoms with Crippen molar-refractivity contribution < 1.29 is 19.8 Å². The summed E-state index contributed by atoms with van der Waals surface area (Å²) in [5, 5.41) is 18.1. The summed E-state index contributed by atoms with van der Waals surface area (Å²) in [6.07, 6.45) is 0. The van der Waals surface area contributed by atoms with Crippen LogP contribution in [0.2, 0.25) is 0 Å². The molecule has 0 saturated heterocycles. The Balaban J connectivity index is -0.000000320. The molecule has 0 aliphatic carbocycles. The monoisotopic (exact) mass is 213 g/mol. The molecular formula is C4H9K2NO4. The van der Waals surface area contributed by atoms with Crippen LogP contribution < -0.4 is 5.32 Å². The first-order valence-electron chi connectivity index (χ1n) is 2.27. The standard InChI is InChI=1S/C4H7NO4.2K.2H/c6-3(7)1-5-2-4(8)9;;;;/h5H,1-2H2,(H,6,7)(H,8,9);;;;. The van der Waals surface area contributed by atoms with Gasteiger partial charge in [-0.25, -0.2) is 0 Å². The number of carbonyl (C=O) groups is 2. The van der Waals surface area contributed by atoms with Crippen LogP contribution >= 0.6 is 0 Å². The molecule has 0 aromatic rings. The Kier molecular flexibility index (Phi) is 20.9. The maximum atomic E-state index is 9.73. The van der Waals surface area contributed by atoms with Crippen molar-refractivity contribution in [1.29, 1.82) is 0 Å². The average Bonchev–Trinajstić information content (AvgIpc) is 1.63. The molecular weight excluding hydrogens is 204 g/mol. The van der Waals surface area contributed by atoms with E-state index in [1.165, 1.54) is 0 Å². The zero-order chi connectivity index (χ0) is 7.28. The summed E-state index contributed by atoms with van der Waals surface area (Å²) < 4.78 is 0. The normalized spacial score (nSPS) is 7.27. The summed E-state index contributed by atoms with van der Waals surface area (Å²) in [6.45, 7) is -0.626. The molecule has 0 unspecified atom stereocenters. The van der Waals surface area contributed by atoms with Gasteiger partial charge in [-0.05, 0) is 0 Å². The molecule has 11 heavy (non-hydrogen) atoms. The molecule has 0 saturated carbocycles. The SMILES string of the molecule is O=C(O)CNCC(=O)O.[KH].[KH]. The van der Waals surface area contributed by atoms with Crippen molar-refractivity contribution in [2.45, 2.75) is 0 Å².